The van der Waals surface area contributed by atoms with E-state index in [-0.39, 0.29) is 25.1 Å². The minimum Gasteiger partial charge on any atom is -0.444 e. The predicted molar refractivity (Wildman–Crippen MR) is 179 cm³/mol. The fourth-order valence-electron chi connectivity index (χ4n) is 5.40. The molecule has 0 atom stereocenters. The summed E-state index contributed by atoms with van der Waals surface area (Å²) in [5.74, 6) is 0.177. The molecule has 2 aromatic heterocycles. The summed E-state index contributed by atoms with van der Waals surface area (Å²) in [6.45, 7) is 12.3. The number of fused-ring (bicyclic) bond motifs is 2. The highest BCUT2D eigenvalue weighted by atomic mass is 16.6. The number of rotatable bonds is 9. The molecule has 0 saturated heterocycles. The Balaban J connectivity index is 1.26. The van der Waals surface area contributed by atoms with E-state index in [0.29, 0.717) is 41.0 Å². The van der Waals surface area contributed by atoms with E-state index < -0.39 is 22.9 Å². The molecule has 47 heavy (non-hydrogen) atoms. The van der Waals surface area contributed by atoms with E-state index in [9.17, 15) is 19.2 Å². The normalized spacial score (nSPS) is 13.7. The number of aromatic amines is 2. The molecule has 2 heterocycles. The van der Waals surface area contributed by atoms with Gasteiger partial charge in [0.05, 0.1) is 24.2 Å². The Kier molecular flexibility index (Phi) is 9.60. The van der Waals surface area contributed by atoms with Crippen LogP contribution in [0.15, 0.2) is 47.3 Å². The van der Waals surface area contributed by atoms with Gasteiger partial charge < -0.3 is 30.0 Å². The molecule has 4 N–H and O–H groups in total. The number of alkyl carbamates (subject to hydrolysis) is 1. The average Bonchev–Trinajstić information content (AvgIpc) is 3.36. The van der Waals surface area contributed by atoms with Crippen LogP contribution in [0.5, 0.6) is 0 Å². The van der Waals surface area contributed by atoms with Gasteiger partial charge >= 0.3 is 12.2 Å². The molecule has 0 bridgehead atoms. The molecule has 2 aromatic carbocycles. The number of ether oxygens (including phenoxy) is 2. The van der Waals surface area contributed by atoms with Crippen LogP contribution >= 0.6 is 0 Å². The quantitative estimate of drug-likeness (QED) is 0.177. The van der Waals surface area contributed by atoms with Gasteiger partial charge in [0, 0.05) is 35.2 Å². The Bertz CT molecular complexity index is 1840. The van der Waals surface area contributed by atoms with Crippen molar-refractivity contribution in [3.63, 3.8) is 0 Å². The molecule has 0 aliphatic heterocycles. The minimum absolute atomic E-state index is 0.00152. The number of aromatic nitrogens is 3. The highest BCUT2D eigenvalue weighted by Crippen LogP contribution is 2.29. The van der Waals surface area contributed by atoms with Gasteiger partial charge in [-0.3, -0.25) is 9.59 Å². The van der Waals surface area contributed by atoms with Crippen LogP contribution < -0.4 is 16.2 Å². The molecule has 0 unspecified atom stereocenters. The summed E-state index contributed by atoms with van der Waals surface area (Å²) in [6, 6.07) is 12.7. The number of benzene rings is 2. The Labute approximate surface area is 273 Å². The lowest BCUT2D eigenvalue weighted by atomic mass is 9.85. The first kappa shape index (κ1) is 33.5. The van der Waals surface area contributed by atoms with Crippen molar-refractivity contribution in [2.75, 3.05) is 6.54 Å². The minimum atomic E-state index is -0.665. The lowest BCUT2D eigenvalue weighted by molar-refractivity contribution is 0.0170. The summed E-state index contributed by atoms with van der Waals surface area (Å²) >= 11 is 0. The molecule has 0 spiro atoms. The van der Waals surface area contributed by atoms with Gasteiger partial charge in [0.1, 0.15) is 11.2 Å². The van der Waals surface area contributed by atoms with Gasteiger partial charge in [0.15, 0.2) is 0 Å². The first-order chi connectivity index (χ1) is 22.1. The summed E-state index contributed by atoms with van der Waals surface area (Å²) in [6.07, 6.45) is 2.52. The Morgan fingerprint density at radius 1 is 0.915 bits per heavy atom. The number of carbonyl (C=O) groups excluding carboxylic acids is 3. The maximum Gasteiger partial charge on any atom is 0.410 e. The van der Waals surface area contributed by atoms with Gasteiger partial charge in [-0.2, -0.15) is 5.10 Å². The fourth-order valence-corrected chi connectivity index (χ4v) is 5.40. The molecule has 0 radical (unpaired) electrons. The molecular formula is C35H44N6O6. The van der Waals surface area contributed by atoms with Crippen LogP contribution in [-0.4, -0.2) is 55.9 Å². The van der Waals surface area contributed by atoms with Crippen LogP contribution in [0, 0.1) is 5.92 Å². The van der Waals surface area contributed by atoms with Gasteiger partial charge in [0.25, 0.3) is 11.5 Å². The Morgan fingerprint density at radius 2 is 1.66 bits per heavy atom. The van der Waals surface area contributed by atoms with E-state index in [1.165, 1.54) is 6.42 Å². The average molecular weight is 645 g/mol. The zero-order chi connectivity index (χ0) is 33.9. The van der Waals surface area contributed by atoms with E-state index in [1.54, 1.807) is 43.9 Å². The van der Waals surface area contributed by atoms with E-state index in [1.807, 2.05) is 45.0 Å². The van der Waals surface area contributed by atoms with Crippen molar-refractivity contribution < 1.29 is 23.9 Å². The molecule has 1 saturated carbocycles. The summed E-state index contributed by atoms with van der Waals surface area (Å²) in [4.78, 5) is 56.0. The van der Waals surface area contributed by atoms with Crippen molar-refractivity contribution in [3.8, 4) is 0 Å². The SMILES string of the molecule is CC(C)(C)OC(=O)NCc1n[nH]c(=O)c2ccc(C(=O)NCc3ccc4cc(CN(CC5CCC5)C(=O)OC(C)(C)C)[nH]c4c3)cc12. The molecule has 4 aromatic rings. The van der Waals surface area contributed by atoms with Crippen molar-refractivity contribution >= 4 is 39.8 Å². The molecule has 1 fully saturated rings. The Hall–Kier alpha value is -4.87. The second-order valence-electron chi connectivity index (χ2n) is 14.2. The second-order valence-corrected chi connectivity index (χ2v) is 14.2. The molecule has 1 aliphatic carbocycles. The molecular weight excluding hydrogens is 600 g/mol. The number of H-pyrrole nitrogens is 2. The van der Waals surface area contributed by atoms with E-state index in [2.05, 4.69) is 25.8 Å². The van der Waals surface area contributed by atoms with Crippen LogP contribution in [0.4, 0.5) is 9.59 Å². The zero-order valence-electron chi connectivity index (χ0n) is 27.9. The summed E-state index contributed by atoms with van der Waals surface area (Å²) in [5, 5.41) is 13.9. The molecule has 3 amide bonds. The lowest BCUT2D eigenvalue weighted by Gasteiger charge is -2.33. The van der Waals surface area contributed by atoms with Gasteiger partial charge in [-0.05, 0) is 102 Å². The number of nitrogens with one attached hydrogen (secondary N) is 4. The predicted octanol–water partition coefficient (Wildman–Crippen LogP) is 5.90. The standard InChI is InChI=1S/C35H44N6O6/c1-34(2,3)46-32(44)37-18-29-27-16-24(12-13-26(27)31(43)40-39-29)30(42)36-17-22-10-11-23-15-25(38-28(23)14-22)20-41(19-21-8-7-9-21)33(45)47-35(4,5)6/h10-16,21,38H,7-9,17-20H2,1-6H3,(H,36,42)(H,37,44)(H,40,43). The van der Waals surface area contributed by atoms with E-state index in [0.717, 1.165) is 35.0 Å². The van der Waals surface area contributed by atoms with E-state index in [4.69, 9.17) is 9.47 Å². The first-order valence-electron chi connectivity index (χ1n) is 16.0. The van der Waals surface area contributed by atoms with Gasteiger partial charge in [-0.1, -0.05) is 18.6 Å². The van der Waals surface area contributed by atoms with Crippen LogP contribution in [-0.2, 0) is 29.1 Å². The van der Waals surface area contributed by atoms with Gasteiger partial charge in [-0.25, -0.2) is 14.7 Å². The van der Waals surface area contributed by atoms with Gasteiger partial charge in [-0.15, -0.1) is 0 Å². The maximum absolute atomic E-state index is 13.2. The van der Waals surface area contributed by atoms with Crippen LogP contribution in [0.3, 0.4) is 0 Å². The number of amides is 3. The first-order valence-corrected chi connectivity index (χ1v) is 16.0. The number of nitrogens with zero attached hydrogens (tertiary/aromatic N) is 2. The number of carbonyl (C=O) groups is 3. The van der Waals surface area contributed by atoms with Crippen molar-refractivity contribution in [2.45, 2.75) is 91.6 Å². The number of hydrogen-bond donors (Lipinski definition) is 4. The molecule has 12 nitrogen and oxygen atoms in total. The second kappa shape index (κ2) is 13.5. The van der Waals surface area contributed by atoms with Gasteiger partial charge in [0.2, 0.25) is 0 Å². The largest absolute Gasteiger partial charge is 0.444 e. The van der Waals surface area contributed by atoms with E-state index >= 15 is 0 Å². The highest BCUT2D eigenvalue weighted by Gasteiger charge is 2.28. The number of hydrogen-bond acceptors (Lipinski definition) is 7. The summed E-state index contributed by atoms with van der Waals surface area (Å²) < 4.78 is 11.0. The summed E-state index contributed by atoms with van der Waals surface area (Å²) in [5.41, 5.74) is 1.80. The zero-order valence-corrected chi connectivity index (χ0v) is 27.9. The smallest absolute Gasteiger partial charge is 0.410 e. The van der Waals surface area contributed by atoms with Crippen LogP contribution in [0.25, 0.3) is 21.7 Å². The molecule has 12 heteroatoms. The maximum atomic E-state index is 13.2. The lowest BCUT2D eigenvalue weighted by Crippen LogP contribution is -2.40. The van der Waals surface area contributed by atoms with Crippen molar-refractivity contribution in [1.29, 1.82) is 0 Å². The molecule has 250 valence electrons. The topological polar surface area (TPSA) is 159 Å². The molecule has 5 rings (SSSR count). The van der Waals surface area contributed by atoms with Crippen molar-refractivity contribution in [1.82, 2.24) is 30.7 Å². The fraction of sp³-hybridized carbons (Fsp3) is 0.457. The van der Waals surface area contributed by atoms with Crippen molar-refractivity contribution in [2.24, 2.45) is 5.92 Å². The monoisotopic (exact) mass is 644 g/mol. The highest BCUT2D eigenvalue weighted by molar-refractivity contribution is 5.99. The third-order valence-corrected chi connectivity index (χ3v) is 7.84. The van der Waals surface area contributed by atoms with Crippen LogP contribution in [0.1, 0.15) is 88.1 Å². The third kappa shape index (κ3) is 8.90. The Morgan fingerprint density at radius 3 is 2.34 bits per heavy atom. The van der Waals surface area contributed by atoms with Crippen molar-refractivity contribution in [3.05, 3.63) is 75.3 Å². The third-order valence-electron chi connectivity index (χ3n) is 7.84. The molecule has 1 aliphatic rings. The van der Waals surface area contributed by atoms with Crippen LogP contribution in [0.2, 0.25) is 0 Å². The summed E-state index contributed by atoms with van der Waals surface area (Å²) in [7, 11) is 0.